The fourth-order valence-corrected chi connectivity index (χ4v) is 4.76. The number of amides is 1. The van der Waals surface area contributed by atoms with Crippen molar-refractivity contribution < 1.29 is 14.4 Å². The lowest BCUT2D eigenvalue weighted by atomic mass is 9.90. The molecule has 5 nitrogen and oxygen atoms in total. The summed E-state index contributed by atoms with van der Waals surface area (Å²) in [5, 5.41) is 3.16. The molecular formula is C20H17Br2ClN2O3. The van der Waals surface area contributed by atoms with Gasteiger partial charge in [-0.3, -0.25) is 14.4 Å². The maximum Gasteiger partial charge on any atom is 0.269 e. The summed E-state index contributed by atoms with van der Waals surface area (Å²) < 4.78 is 1.59. The van der Waals surface area contributed by atoms with Crippen LogP contribution in [0.25, 0.3) is 0 Å². The van der Waals surface area contributed by atoms with Gasteiger partial charge < -0.3 is 5.32 Å². The minimum atomic E-state index is -0.825. The summed E-state index contributed by atoms with van der Waals surface area (Å²) in [7, 11) is 0. The van der Waals surface area contributed by atoms with Crippen molar-refractivity contribution in [2.75, 3.05) is 6.54 Å². The number of rotatable bonds is 5. The first kappa shape index (κ1) is 21.1. The number of carbonyl (C=O) groups excluding carboxylic acids is 3. The normalized spacial score (nSPS) is 19.1. The van der Waals surface area contributed by atoms with Crippen LogP contribution in [0.2, 0.25) is 5.02 Å². The Morgan fingerprint density at radius 2 is 2.00 bits per heavy atom. The van der Waals surface area contributed by atoms with Gasteiger partial charge in [0.25, 0.3) is 5.91 Å². The molecule has 0 aliphatic heterocycles. The molecule has 3 rings (SSSR count). The number of hydrogen-bond acceptors (Lipinski definition) is 4. The Balaban J connectivity index is 1.64. The van der Waals surface area contributed by atoms with Gasteiger partial charge in [0.15, 0.2) is 5.78 Å². The first-order chi connectivity index (χ1) is 13.3. The maximum absolute atomic E-state index is 12.9. The van der Waals surface area contributed by atoms with Crippen LogP contribution >= 0.6 is 43.5 Å². The van der Waals surface area contributed by atoms with E-state index in [1.807, 2.05) is 13.0 Å². The van der Waals surface area contributed by atoms with E-state index in [2.05, 4.69) is 42.2 Å². The number of pyridine rings is 1. The average Bonchev–Trinajstić information content (AvgIpc) is 2.89. The van der Waals surface area contributed by atoms with Crippen LogP contribution < -0.4 is 5.32 Å². The SMILES string of the molecule is Cc1cc(Br)cc(Cl)c1C1C(=O)CC(CCNC(=O)c2ccc(Br)cn2)C1=O. The number of nitrogens with one attached hydrogen (secondary N) is 1. The van der Waals surface area contributed by atoms with Gasteiger partial charge in [0.05, 0.1) is 0 Å². The van der Waals surface area contributed by atoms with Crippen molar-refractivity contribution >= 4 is 60.9 Å². The molecule has 1 N–H and O–H groups in total. The topological polar surface area (TPSA) is 76.1 Å². The minimum absolute atomic E-state index is 0.122. The third-order valence-corrected chi connectivity index (χ3v) is 6.02. The summed E-state index contributed by atoms with van der Waals surface area (Å²) in [6.07, 6.45) is 2.11. The summed E-state index contributed by atoms with van der Waals surface area (Å²) in [6.45, 7) is 2.13. The first-order valence-electron chi connectivity index (χ1n) is 8.69. The van der Waals surface area contributed by atoms with Crippen molar-refractivity contribution in [1.29, 1.82) is 0 Å². The first-order valence-corrected chi connectivity index (χ1v) is 10.7. The molecule has 146 valence electrons. The van der Waals surface area contributed by atoms with Crippen LogP contribution in [0.15, 0.2) is 39.4 Å². The lowest BCUT2D eigenvalue weighted by Crippen LogP contribution is -2.27. The van der Waals surface area contributed by atoms with E-state index in [0.717, 1.165) is 14.5 Å². The molecule has 1 aliphatic rings. The summed E-state index contributed by atoms with van der Waals surface area (Å²) in [5.74, 6) is -1.81. The highest BCUT2D eigenvalue weighted by Crippen LogP contribution is 2.39. The second-order valence-electron chi connectivity index (χ2n) is 6.73. The van der Waals surface area contributed by atoms with Crippen LogP contribution in [0.1, 0.15) is 40.4 Å². The minimum Gasteiger partial charge on any atom is -0.351 e. The van der Waals surface area contributed by atoms with Gasteiger partial charge in [-0.1, -0.05) is 27.5 Å². The fourth-order valence-electron chi connectivity index (χ4n) is 3.44. The van der Waals surface area contributed by atoms with E-state index in [9.17, 15) is 14.4 Å². The highest BCUT2D eigenvalue weighted by molar-refractivity contribution is 9.10. The number of benzene rings is 1. The second-order valence-corrected chi connectivity index (χ2v) is 8.97. The standard InChI is InChI=1S/C20H17Br2ClN2O3/c1-10-6-13(22)8-14(23)17(10)18-16(26)7-11(19(18)27)4-5-24-20(28)15-3-2-12(21)9-25-15/h2-3,6,8-9,11,18H,4-5,7H2,1H3,(H,24,28). The molecule has 2 atom stereocenters. The summed E-state index contributed by atoms with van der Waals surface area (Å²) in [5.41, 5.74) is 1.69. The molecule has 1 aromatic carbocycles. The Morgan fingerprint density at radius 1 is 1.25 bits per heavy atom. The lowest BCUT2D eigenvalue weighted by molar-refractivity contribution is -0.124. The molecule has 1 aliphatic carbocycles. The van der Waals surface area contributed by atoms with Gasteiger partial charge in [-0.2, -0.15) is 0 Å². The highest BCUT2D eigenvalue weighted by atomic mass is 79.9. The molecule has 2 unspecified atom stereocenters. The van der Waals surface area contributed by atoms with Gasteiger partial charge in [0.1, 0.15) is 17.4 Å². The molecule has 8 heteroatoms. The van der Waals surface area contributed by atoms with E-state index in [1.165, 1.54) is 0 Å². The van der Waals surface area contributed by atoms with Gasteiger partial charge in [0.2, 0.25) is 0 Å². The number of Topliss-reactive ketones (excluding diaryl/α,β-unsaturated/α-hetero) is 2. The fraction of sp³-hybridized carbons (Fsp3) is 0.300. The number of nitrogens with zero attached hydrogens (tertiary/aromatic N) is 1. The van der Waals surface area contributed by atoms with Gasteiger partial charge in [-0.05, 0) is 64.7 Å². The van der Waals surface area contributed by atoms with Crippen molar-refractivity contribution in [3.05, 3.63) is 61.3 Å². The molecule has 1 saturated carbocycles. The van der Waals surface area contributed by atoms with Crippen molar-refractivity contribution in [2.45, 2.75) is 25.7 Å². The van der Waals surface area contributed by atoms with Crippen LogP contribution in [-0.2, 0) is 9.59 Å². The van der Waals surface area contributed by atoms with E-state index < -0.39 is 11.8 Å². The van der Waals surface area contributed by atoms with Crippen molar-refractivity contribution in [3.63, 3.8) is 0 Å². The smallest absolute Gasteiger partial charge is 0.269 e. The number of ketones is 2. The average molecular weight is 529 g/mol. The Kier molecular flexibility index (Phi) is 6.68. The molecule has 1 fully saturated rings. The number of halogens is 3. The highest BCUT2D eigenvalue weighted by Gasteiger charge is 2.43. The molecule has 2 aromatic rings. The molecule has 28 heavy (non-hydrogen) atoms. The summed E-state index contributed by atoms with van der Waals surface area (Å²) in [6, 6.07) is 6.89. The van der Waals surface area contributed by atoms with E-state index in [4.69, 9.17) is 11.6 Å². The van der Waals surface area contributed by atoms with Crippen LogP contribution in [0, 0.1) is 12.8 Å². The molecule has 0 saturated heterocycles. The zero-order valence-electron chi connectivity index (χ0n) is 15.0. The van der Waals surface area contributed by atoms with E-state index in [1.54, 1.807) is 24.4 Å². The van der Waals surface area contributed by atoms with Gasteiger partial charge in [0, 0.05) is 39.0 Å². The van der Waals surface area contributed by atoms with Gasteiger partial charge >= 0.3 is 0 Å². The molecule has 1 amide bonds. The molecule has 0 bridgehead atoms. The molecule has 0 spiro atoms. The molecule has 1 heterocycles. The quantitative estimate of drug-likeness (QED) is 0.575. The third-order valence-electron chi connectivity index (χ3n) is 4.78. The zero-order valence-corrected chi connectivity index (χ0v) is 18.9. The Morgan fingerprint density at radius 3 is 2.64 bits per heavy atom. The van der Waals surface area contributed by atoms with E-state index in [-0.39, 0.29) is 23.9 Å². The van der Waals surface area contributed by atoms with Crippen LogP contribution in [0.5, 0.6) is 0 Å². The number of aromatic nitrogens is 1. The molecule has 0 radical (unpaired) electrons. The van der Waals surface area contributed by atoms with E-state index >= 15 is 0 Å². The van der Waals surface area contributed by atoms with Gasteiger partial charge in [-0.15, -0.1) is 0 Å². The number of carbonyl (C=O) groups is 3. The lowest BCUT2D eigenvalue weighted by Gasteiger charge is -2.15. The second kappa shape index (κ2) is 8.84. The van der Waals surface area contributed by atoms with Crippen LogP contribution in [0.4, 0.5) is 0 Å². The van der Waals surface area contributed by atoms with Crippen molar-refractivity contribution in [1.82, 2.24) is 10.3 Å². The largest absolute Gasteiger partial charge is 0.351 e. The predicted molar refractivity (Wildman–Crippen MR) is 114 cm³/mol. The molecular weight excluding hydrogens is 511 g/mol. The molecule has 1 aromatic heterocycles. The van der Waals surface area contributed by atoms with E-state index in [0.29, 0.717) is 29.2 Å². The van der Waals surface area contributed by atoms with Gasteiger partial charge in [-0.25, -0.2) is 4.98 Å². The maximum atomic E-state index is 12.9. The van der Waals surface area contributed by atoms with Crippen molar-refractivity contribution in [3.8, 4) is 0 Å². The Bertz CT molecular complexity index is 924. The Hall–Kier alpha value is -1.57. The summed E-state index contributed by atoms with van der Waals surface area (Å²) in [4.78, 5) is 41.6. The Labute approximate surface area is 184 Å². The monoisotopic (exact) mass is 526 g/mol. The van der Waals surface area contributed by atoms with Crippen molar-refractivity contribution in [2.24, 2.45) is 5.92 Å². The van der Waals surface area contributed by atoms with Crippen LogP contribution in [0.3, 0.4) is 0 Å². The van der Waals surface area contributed by atoms with Crippen LogP contribution in [-0.4, -0.2) is 29.0 Å². The predicted octanol–water partition coefficient (Wildman–Crippen LogP) is 4.63. The summed E-state index contributed by atoms with van der Waals surface area (Å²) >= 11 is 13.0. The number of hydrogen-bond donors (Lipinski definition) is 1. The third kappa shape index (κ3) is 4.53. The zero-order chi connectivity index (χ0) is 20.4. The number of aryl methyl sites for hydroxylation is 1.